The lowest BCUT2D eigenvalue weighted by molar-refractivity contribution is -0.130. The van der Waals surface area contributed by atoms with Crippen molar-refractivity contribution < 1.29 is 19.1 Å². The number of anilines is 2. The van der Waals surface area contributed by atoms with Crippen molar-refractivity contribution >= 4 is 40.0 Å². The van der Waals surface area contributed by atoms with Gasteiger partial charge in [-0.1, -0.05) is 36.4 Å². The molecule has 8 nitrogen and oxygen atoms in total. The Kier molecular flexibility index (Phi) is 5.03. The predicted molar refractivity (Wildman–Crippen MR) is 148 cm³/mol. The molecule has 0 unspecified atom stereocenters. The first-order valence-corrected chi connectivity index (χ1v) is 13.1. The Balaban J connectivity index is 1.39. The number of benzene rings is 3. The largest absolute Gasteiger partial charge is 0.497 e. The summed E-state index contributed by atoms with van der Waals surface area (Å²) in [5.41, 5.74) is 4.56. The van der Waals surface area contributed by atoms with Crippen molar-refractivity contribution in [1.29, 1.82) is 0 Å². The lowest BCUT2D eigenvalue weighted by Crippen LogP contribution is -2.53. The number of ether oxygens (including phenoxy) is 1. The first-order valence-electron chi connectivity index (χ1n) is 13.1. The van der Waals surface area contributed by atoms with Gasteiger partial charge in [-0.25, -0.2) is 4.90 Å². The normalized spacial score (nSPS) is 25.5. The highest BCUT2D eigenvalue weighted by atomic mass is 16.5. The fourth-order valence-electron chi connectivity index (χ4n) is 6.84. The van der Waals surface area contributed by atoms with Crippen LogP contribution >= 0.6 is 0 Å². The van der Waals surface area contributed by atoms with Crippen LogP contribution < -0.4 is 20.3 Å². The number of H-pyrrole nitrogens is 1. The molecule has 1 aromatic heterocycles. The number of fused-ring (bicyclic) bond motifs is 5. The summed E-state index contributed by atoms with van der Waals surface area (Å²) >= 11 is 0. The van der Waals surface area contributed by atoms with Crippen molar-refractivity contribution in [3.63, 3.8) is 0 Å². The van der Waals surface area contributed by atoms with Crippen molar-refractivity contribution in [3.8, 4) is 5.75 Å². The molecule has 1 spiro atoms. The molecule has 3 amide bonds. The summed E-state index contributed by atoms with van der Waals surface area (Å²) in [5.74, 6) is -2.06. The number of nitrogens with zero attached hydrogens (tertiary/aromatic N) is 1. The molecule has 3 aliphatic rings. The van der Waals surface area contributed by atoms with Crippen molar-refractivity contribution in [3.05, 3.63) is 89.1 Å². The van der Waals surface area contributed by atoms with Crippen molar-refractivity contribution in [2.75, 3.05) is 17.3 Å². The second-order valence-electron chi connectivity index (χ2n) is 10.7. The maximum absolute atomic E-state index is 14.3. The number of methoxy groups -OCH3 is 1. The molecule has 2 saturated heterocycles. The van der Waals surface area contributed by atoms with Crippen LogP contribution in [0.5, 0.6) is 5.75 Å². The van der Waals surface area contributed by atoms with Crippen molar-refractivity contribution in [2.45, 2.75) is 31.8 Å². The molecule has 7 rings (SSSR count). The third-order valence-corrected chi connectivity index (χ3v) is 8.85. The Morgan fingerprint density at radius 3 is 2.62 bits per heavy atom. The lowest BCUT2D eigenvalue weighted by atomic mass is 9.75. The van der Waals surface area contributed by atoms with E-state index >= 15 is 0 Å². The minimum Gasteiger partial charge on any atom is -0.497 e. The summed E-state index contributed by atoms with van der Waals surface area (Å²) in [6, 6.07) is 18.4. The van der Waals surface area contributed by atoms with E-state index in [1.54, 1.807) is 31.4 Å². The van der Waals surface area contributed by atoms with Crippen LogP contribution in [0.25, 0.3) is 10.9 Å². The van der Waals surface area contributed by atoms with E-state index in [0.717, 1.165) is 38.8 Å². The second-order valence-corrected chi connectivity index (χ2v) is 10.7. The number of para-hydroxylation sites is 1. The molecule has 4 atom stereocenters. The molecule has 0 bridgehead atoms. The highest BCUT2D eigenvalue weighted by molar-refractivity contribution is 6.26. The molecule has 0 radical (unpaired) electrons. The van der Waals surface area contributed by atoms with Gasteiger partial charge in [-0.2, -0.15) is 0 Å². The zero-order valence-electron chi connectivity index (χ0n) is 21.9. The Morgan fingerprint density at radius 2 is 1.79 bits per heavy atom. The van der Waals surface area contributed by atoms with Crippen LogP contribution in [0.15, 0.2) is 66.9 Å². The summed E-state index contributed by atoms with van der Waals surface area (Å²) in [6.07, 6.45) is 2.43. The Bertz CT molecular complexity index is 1710. The quantitative estimate of drug-likeness (QED) is 0.354. The number of hydrogen-bond donors (Lipinski definition) is 3. The maximum atomic E-state index is 14.3. The van der Waals surface area contributed by atoms with Gasteiger partial charge in [-0.05, 0) is 55.2 Å². The number of hydrogen-bond acceptors (Lipinski definition) is 5. The minimum atomic E-state index is -1.35. The zero-order chi connectivity index (χ0) is 27.1. The van der Waals surface area contributed by atoms with Gasteiger partial charge in [-0.3, -0.25) is 19.7 Å². The molecule has 0 aliphatic carbocycles. The van der Waals surface area contributed by atoms with E-state index in [-0.39, 0.29) is 17.7 Å². The molecular formula is C31H28N4O4. The number of rotatable bonds is 4. The molecule has 3 aromatic carbocycles. The fraction of sp³-hybridized carbons (Fsp3) is 0.258. The van der Waals surface area contributed by atoms with Gasteiger partial charge in [-0.15, -0.1) is 0 Å². The molecule has 196 valence electrons. The van der Waals surface area contributed by atoms with Gasteiger partial charge in [0.15, 0.2) is 0 Å². The number of aromatic nitrogens is 1. The number of aryl methyl sites for hydroxylation is 1. The number of nitrogens with one attached hydrogen (secondary N) is 3. The first-order chi connectivity index (χ1) is 18.8. The van der Waals surface area contributed by atoms with Gasteiger partial charge < -0.3 is 15.0 Å². The number of amides is 3. The SMILES string of the molecule is COc1cccc(N2C(=O)[C@H]3[C@@H](C2=O)[C@]2(N[C@@H]3Cc3c[nH]c4ccccc34)C(=O)Nc3c2ccc(C)c3C)c1. The van der Waals surface area contributed by atoms with Crippen LogP contribution in [-0.4, -0.2) is 35.9 Å². The van der Waals surface area contributed by atoms with E-state index in [1.165, 1.54) is 4.90 Å². The van der Waals surface area contributed by atoms with E-state index in [2.05, 4.69) is 15.6 Å². The average Bonchev–Trinajstić information content (AvgIpc) is 3.65. The van der Waals surface area contributed by atoms with Gasteiger partial charge in [0, 0.05) is 40.5 Å². The maximum Gasteiger partial charge on any atom is 0.250 e. The van der Waals surface area contributed by atoms with E-state index < -0.39 is 23.4 Å². The van der Waals surface area contributed by atoms with E-state index in [4.69, 9.17) is 4.74 Å². The minimum absolute atomic E-state index is 0.295. The molecule has 2 fully saturated rings. The van der Waals surface area contributed by atoms with Gasteiger partial charge in [0.1, 0.15) is 11.3 Å². The summed E-state index contributed by atoms with van der Waals surface area (Å²) < 4.78 is 5.36. The summed E-state index contributed by atoms with van der Waals surface area (Å²) in [4.78, 5) is 46.9. The van der Waals surface area contributed by atoms with Crippen LogP contribution in [0.2, 0.25) is 0 Å². The van der Waals surface area contributed by atoms with Crippen LogP contribution in [0.4, 0.5) is 11.4 Å². The third kappa shape index (κ3) is 3.12. The molecule has 0 saturated carbocycles. The molecule has 4 aromatic rings. The number of carbonyl (C=O) groups excluding carboxylic acids is 3. The van der Waals surface area contributed by atoms with Gasteiger partial charge in [0.2, 0.25) is 17.7 Å². The highest BCUT2D eigenvalue weighted by Gasteiger charge is 2.70. The number of imide groups is 1. The van der Waals surface area contributed by atoms with Gasteiger partial charge in [0.05, 0.1) is 24.6 Å². The number of carbonyl (C=O) groups is 3. The van der Waals surface area contributed by atoms with Crippen LogP contribution in [-0.2, 0) is 26.3 Å². The van der Waals surface area contributed by atoms with Gasteiger partial charge >= 0.3 is 0 Å². The van der Waals surface area contributed by atoms with Crippen LogP contribution in [0.1, 0.15) is 22.3 Å². The monoisotopic (exact) mass is 520 g/mol. The summed E-state index contributed by atoms with van der Waals surface area (Å²) in [6.45, 7) is 3.96. The molecular weight excluding hydrogens is 492 g/mol. The van der Waals surface area contributed by atoms with Gasteiger partial charge in [0.25, 0.3) is 0 Å². The molecule has 3 aliphatic heterocycles. The van der Waals surface area contributed by atoms with E-state index in [1.807, 2.05) is 56.4 Å². The first kappa shape index (κ1) is 23.7. The van der Waals surface area contributed by atoms with E-state index in [9.17, 15) is 14.4 Å². The average molecular weight is 521 g/mol. The molecule has 4 heterocycles. The topological polar surface area (TPSA) is 104 Å². The third-order valence-electron chi connectivity index (χ3n) is 8.85. The molecule has 3 N–H and O–H groups in total. The summed E-state index contributed by atoms with van der Waals surface area (Å²) in [7, 11) is 1.54. The smallest absolute Gasteiger partial charge is 0.250 e. The lowest BCUT2D eigenvalue weighted by Gasteiger charge is -2.29. The standard InChI is InChI=1S/C31H28N4O4/c1-16-11-12-22-27(17(16)2)33-30(38)31(22)26-25(24(34-31)13-18-15-32-23-10-5-4-9-21(18)23)28(36)35(29(26)37)19-7-6-8-20(14-19)39-3/h4-12,14-15,24-26,32,34H,13H2,1-3H3,(H,33,38)/t24-,25-,26+,31+/m1/s1. The Morgan fingerprint density at radius 1 is 0.974 bits per heavy atom. The second kappa shape index (κ2) is 8.28. The van der Waals surface area contributed by atoms with E-state index in [0.29, 0.717) is 17.9 Å². The van der Waals surface area contributed by atoms with Crippen LogP contribution in [0, 0.1) is 25.7 Å². The Labute approximate surface area is 225 Å². The Hall–Kier alpha value is -4.43. The fourth-order valence-corrected chi connectivity index (χ4v) is 6.84. The predicted octanol–water partition coefficient (Wildman–Crippen LogP) is 3.96. The molecule has 39 heavy (non-hydrogen) atoms. The van der Waals surface area contributed by atoms with Crippen LogP contribution in [0.3, 0.4) is 0 Å². The number of aromatic amines is 1. The zero-order valence-corrected chi connectivity index (χ0v) is 21.9. The van der Waals surface area contributed by atoms with Crippen molar-refractivity contribution in [2.24, 2.45) is 11.8 Å². The highest BCUT2D eigenvalue weighted by Crippen LogP contribution is 2.55. The molecule has 8 heteroatoms. The van der Waals surface area contributed by atoms with Crippen molar-refractivity contribution in [1.82, 2.24) is 10.3 Å². The summed E-state index contributed by atoms with van der Waals surface area (Å²) in [5, 5.41) is 7.68.